The highest BCUT2D eigenvalue weighted by molar-refractivity contribution is 5.82. The second-order valence-corrected chi connectivity index (χ2v) is 12.3. The molecule has 2 aliphatic rings. The van der Waals surface area contributed by atoms with Crippen molar-refractivity contribution < 1.29 is 27.9 Å². The quantitative estimate of drug-likeness (QED) is 0.207. The van der Waals surface area contributed by atoms with Gasteiger partial charge in [-0.15, -0.1) is 0 Å². The van der Waals surface area contributed by atoms with Gasteiger partial charge in [0.15, 0.2) is 11.6 Å². The molecule has 0 N–H and O–H groups in total. The van der Waals surface area contributed by atoms with Crippen LogP contribution in [0.4, 0.5) is 8.78 Å². The summed E-state index contributed by atoms with van der Waals surface area (Å²) in [5.74, 6) is -2.18. The van der Waals surface area contributed by atoms with Crippen molar-refractivity contribution in [2.45, 2.75) is 44.8 Å². The van der Waals surface area contributed by atoms with E-state index in [9.17, 15) is 13.6 Å². The standard InChI is InChI=1S/C35H40F2N6O4/c1-23-32(19-28(44)17-25-22-42(15-16-45-3)47-34(25)24-9-10-30(36)31(37)18-24)43(27-7-5-4-6-8-27)40-33(23)26-20-38-35(39-21-26)46-29-11-13-41(2)14-12-29/h4-10,18,20-21,25,29,34H,11-17,19,22H2,1-3H3/t25-,34+/m1/s1. The number of halogens is 2. The van der Waals surface area contributed by atoms with Gasteiger partial charge in [-0.25, -0.2) is 23.4 Å². The summed E-state index contributed by atoms with van der Waals surface area (Å²) < 4.78 is 41.0. The van der Waals surface area contributed by atoms with Gasteiger partial charge in [0.1, 0.15) is 18.0 Å². The fraction of sp³-hybridized carbons (Fsp3) is 0.429. The lowest BCUT2D eigenvalue weighted by molar-refractivity contribution is -0.155. The number of benzene rings is 2. The average Bonchev–Trinajstić information content (AvgIpc) is 3.63. The van der Waals surface area contributed by atoms with Crippen LogP contribution in [0.2, 0.25) is 0 Å². The van der Waals surface area contributed by atoms with E-state index >= 15 is 0 Å². The molecule has 0 spiro atoms. The van der Waals surface area contributed by atoms with Crippen molar-refractivity contribution in [3.05, 3.63) is 89.4 Å². The largest absolute Gasteiger partial charge is 0.460 e. The third-order valence-electron chi connectivity index (χ3n) is 8.88. The normalized spacial score (nSPS) is 19.3. The van der Waals surface area contributed by atoms with Crippen molar-refractivity contribution in [3.8, 4) is 23.0 Å². The van der Waals surface area contributed by atoms with Crippen LogP contribution in [0.15, 0.2) is 60.9 Å². The Morgan fingerprint density at radius 3 is 2.49 bits per heavy atom. The number of carbonyl (C=O) groups excluding carboxylic acids is 1. The summed E-state index contributed by atoms with van der Waals surface area (Å²) >= 11 is 0. The number of likely N-dealkylation sites (tertiary alicyclic amines) is 1. The monoisotopic (exact) mass is 646 g/mol. The summed E-state index contributed by atoms with van der Waals surface area (Å²) in [6, 6.07) is 13.7. The molecule has 2 atom stereocenters. The molecule has 0 aliphatic carbocycles. The molecule has 12 heteroatoms. The van der Waals surface area contributed by atoms with E-state index in [4.69, 9.17) is 19.4 Å². The maximum absolute atomic E-state index is 14.2. The van der Waals surface area contributed by atoms with Crippen LogP contribution >= 0.6 is 0 Å². The Kier molecular flexibility index (Phi) is 10.3. The molecule has 2 aliphatic heterocycles. The Morgan fingerprint density at radius 1 is 1.04 bits per heavy atom. The number of ether oxygens (including phenoxy) is 2. The summed E-state index contributed by atoms with van der Waals surface area (Å²) in [6.07, 6.45) is 5.06. The predicted octanol–water partition coefficient (Wildman–Crippen LogP) is 5.14. The molecule has 4 aromatic rings. The first-order chi connectivity index (χ1) is 22.8. The van der Waals surface area contributed by atoms with Crippen LogP contribution in [0, 0.1) is 24.5 Å². The van der Waals surface area contributed by atoms with Gasteiger partial charge in [-0.2, -0.15) is 10.2 Å². The van der Waals surface area contributed by atoms with Crippen molar-refractivity contribution in [1.82, 2.24) is 29.7 Å². The van der Waals surface area contributed by atoms with Gasteiger partial charge in [0.2, 0.25) is 0 Å². The first-order valence-electron chi connectivity index (χ1n) is 16.0. The maximum atomic E-state index is 14.2. The van der Waals surface area contributed by atoms with Crippen molar-refractivity contribution in [2.24, 2.45) is 5.92 Å². The predicted molar refractivity (Wildman–Crippen MR) is 171 cm³/mol. The fourth-order valence-electron chi connectivity index (χ4n) is 6.28. The second-order valence-electron chi connectivity index (χ2n) is 12.3. The van der Waals surface area contributed by atoms with Crippen molar-refractivity contribution in [1.29, 1.82) is 0 Å². The lowest BCUT2D eigenvalue weighted by Crippen LogP contribution is -2.35. The molecule has 0 radical (unpaired) electrons. The van der Waals surface area contributed by atoms with E-state index < -0.39 is 17.7 Å². The summed E-state index contributed by atoms with van der Waals surface area (Å²) in [6.45, 7) is 5.26. The van der Waals surface area contributed by atoms with Crippen LogP contribution in [-0.2, 0) is 20.8 Å². The number of hydroxylamine groups is 2. The van der Waals surface area contributed by atoms with Gasteiger partial charge in [-0.3, -0.25) is 9.63 Å². The molecular weight excluding hydrogens is 606 g/mol. The summed E-state index contributed by atoms with van der Waals surface area (Å²) in [5.41, 5.74) is 4.30. The first-order valence-corrected chi connectivity index (χ1v) is 16.0. The second kappa shape index (κ2) is 14.8. The average molecular weight is 647 g/mol. The zero-order valence-electron chi connectivity index (χ0n) is 26.9. The van der Waals surface area contributed by atoms with E-state index in [1.807, 2.05) is 37.3 Å². The van der Waals surface area contributed by atoms with E-state index in [1.54, 1.807) is 29.2 Å². The summed E-state index contributed by atoms with van der Waals surface area (Å²) in [7, 11) is 3.70. The van der Waals surface area contributed by atoms with Crippen LogP contribution in [-0.4, -0.2) is 88.5 Å². The molecule has 10 nitrogen and oxygen atoms in total. The molecule has 0 bridgehead atoms. The topological polar surface area (TPSA) is 94.8 Å². The molecule has 4 heterocycles. The van der Waals surface area contributed by atoms with Gasteiger partial charge < -0.3 is 14.4 Å². The number of aromatic nitrogens is 4. The van der Waals surface area contributed by atoms with Crippen LogP contribution in [0.1, 0.15) is 42.2 Å². The van der Waals surface area contributed by atoms with Crippen molar-refractivity contribution in [2.75, 3.05) is 46.9 Å². The molecule has 0 amide bonds. The molecule has 2 aromatic heterocycles. The van der Waals surface area contributed by atoms with Gasteiger partial charge in [-0.05, 0) is 62.2 Å². The van der Waals surface area contributed by atoms with Crippen LogP contribution in [0.25, 0.3) is 16.9 Å². The Hall–Kier alpha value is -4.10. The Balaban J connectivity index is 1.23. The third kappa shape index (κ3) is 7.73. The number of piperidine rings is 1. The van der Waals surface area contributed by atoms with Crippen molar-refractivity contribution in [3.63, 3.8) is 0 Å². The first kappa shape index (κ1) is 32.8. The SMILES string of the molecule is COCCN1C[C@@H](CC(=O)Cc2c(C)c(-c3cnc(OC4CCN(C)CC4)nc3)nn2-c2ccccc2)[C@H](c2ccc(F)c(F)c2)O1. The van der Waals surface area contributed by atoms with E-state index in [0.717, 1.165) is 60.6 Å². The zero-order chi connectivity index (χ0) is 32.9. The Labute approximate surface area is 273 Å². The zero-order valence-corrected chi connectivity index (χ0v) is 26.9. The molecule has 2 fully saturated rings. The smallest absolute Gasteiger partial charge is 0.316 e. The molecule has 0 unspecified atom stereocenters. The summed E-state index contributed by atoms with van der Waals surface area (Å²) in [5, 5.41) is 6.66. The highest BCUT2D eigenvalue weighted by Gasteiger charge is 2.37. The molecule has 6 rings (SSSR count). The Bertz CT molecular complexity index is 1660. The fourth-order valence-corrected chi connectivity index (χ4v) is 6.28. The molecule has 0 saturated carbocycles. The van der Waals surface area contributed by atoms with E-state index in [2.05, 4.69) is 21.9 Å². The van der Waals surface area contributed by atoms with Crippen molar-refractivity contribution >= 4 is 5.78 Å². The van der Waals surface area contributed by atoms with Gasteiger partial charge in [0.25, 0.3) is 0 Å². The number of hydrogen-bond donors (Lipinski definition) is 0. The summed E-state index contributed by atoms with van der Waals surface area (Å²) in [4.78, 5) is 31.2. The third-order valence-corrected chi connectivity index (χ3v) is 8.88. The molecule has 2 saturated heterocycles. The molecule has 248 valence electrons. The number of rotatable bonds is 12. The van der Waals surface area contributed by atoms with Gasteiger partial charge in [-0.1, -0.05) is 24.3 Å². The van der Waals surface area contributed by atoms with E-state index in [0.29, 0.717) is 37.0 Å². The molecular formula is C35H40F2N6O4. The number of hydrogen-bond acceptors (Lipinski definition) is 9. The van der Waals surface area contributed by atoms with Crippen LogP contribution < -0.4 is 4.74 Å². The van der Waals surface area contributed by atoms with Gasteiger partial charge >= 0.3 is 6.01 Å². The van der Waals surface area contributed by atoms with Gasteiger partial charge in [0.05, 0.1) is 23.7 Å². The highest BCUT2D eigenvalue weighted by atomic mass is 19.2. The minimum atomic E-state index is -0.952. The highest BCUT2D eigenvalue weighted by Crippen LogP contribution is 2.37. The lowest BCUT2D eigenvalue weighted by Gasteiger charge is -2.28. The maximum Gasteiger partial charge on any atom is 0.316 e. The number of para-hydroxylation sites is 1. The number of Topliss-reactive ketones (excluding diaryl/α,β-unsaturated/α-hetero) is 1. The minimum absolute atomic E-state index is 0.0235. The number of ketones is 1. The van der Waals surface area contributed by atoms with E-state index in [1.165, 1.54) is 6.07 Å². The lowest BCUT2D eigenvalue weighted by atomic mass is 9.90. The van der Waals surface area contributed by atoms with Crippen LogP contribution in [0.5, 0.6) is 6.01 Å². The van der Waals surface area contributed by atoms with Gasteiger partial charge in [0, 0.05) is 70.0 Å². The molecule has 47 heavy (non-hydrogen) atoms. The Morgan fingerprint density at radius 2 is 1.79 bits per heavy atom. The van der Waals surface area contributed by atoms with E-state index in [-0.39, 0.29) is 30.6 Å². The van der Waals surface area contributed by atoms with Crippen LogP contribution in [0.3, 0.4) is 0 Å². The number of methoxy groups -OCH3 is 1. The number of carbonyl (C=O) groups is 1. The number of nitrogens with zero attached hydrogens (tertiary/aromatic N) is 6. The minimum Gasteiger partial charge on any atom is -0.460 e. The molecule has 2 aromatic carbocycles.